The third kappa shape index (κ3) is 1.95. The Morgan fingerprint density at radius 3 is 2.40 bits per heavy atom. The van der Waals surface area contributed by atoms with Crippen molar-refractivity contribution in [3.05, 3.63) is 52.6 Å². The molecule has 0 unspecified atom stereocenters. The summed E-state index contributed by atoms with van der Waals surface area (Å²) >= 11 is 0. The van der Waals surface area contributed by atoms with E-state index in [1.54, 1.807) is 0 Å². The maximum absolute atomic E-state index is 12.4. The Labute approximate surface area is 120 Å². The molecule has 0 bridgehead atoms. The van der Waals surface area contributed by atoms with Gasteiger partial charge in [-0.3, -0.25) is 4.79 Å². The van der Waals surface area contributed by atoms with Gasteiger partial charge in [0.2, 0.25) is 0 Å². The number of fused-ring (bicyclic) bond motifs is 1. The van der Waals surface area contributed by atoms with Gasteiger partial charge >= 0.3 is 0 Å². The van der Waals surface area contributed by atoms with Crippen molar-refractivity contribution in [1.29, 1.82) is 0 Å². The van der Waals surface area contributed by atoms with Crippen molar-refractivity contribution in [3.63, 3.8) is 0 Å². The molecule has 20 heavy (non-hydrogen) atoms. The van der Waals surface area contributed by atoms with E-state index < -0.39 is 69.6 Å². The third-order valence-corrected chi connectivity index (χ3v) is 2.58. The van der Waals surface area contributed by atoms with Crippen molar-refractivity contribution in [2.24, 2.45) is 0 Å². The Bertz CT molecular complexity index is 1080. The van der Waals surface area contributed by atoms with Crippen LogP contribution in [0.5, 0.6) is 17.2 Å². The van der Waals surface area contributed by atoms with Crippen LogP contribution in [0.1, 0.15) is 6.85 Å². The van der Waals surface area contributed by atoms with E-state index in [-0.39, 0.29) is 5.56 Å². The Morgan fingerprint density at radius 2 is 1.70 bits per heavy atom. The number of aromatic hydroxyl groups is 3. The fourth-order valence-corrected chi connectivity index (χ4v) is 1.70. The number of hydrogen-bond donors (Lipinski definition) is 3. The average molecular weight is 275 g/mol. The minimum Gasteiger partial charge on any atom is -0.508 e. The summed E-state index contributed by atoms with van der Waals surface area (Å²) in [6.07, 6.45) is 0. The van der Waals surface area contributed by atoms with Gasteiger partial charge in [-0.1, -0.05) is 0 Å². The quantitative estimate of drug-likeness (QED) is 0.635. The lowest BCUT2D eigenvalue weighted by atomic mass is 10.1. The highest BCUT2D eigenvalue weighted by Gasteiger charge is 2.11. The SMILES string of the molecule is [2H]c1cc(-c2oc3c([2H])c(O)c([2H])c(O)c3c(=O)c2[2H])cc([2H])c1O. The van der Waals surface area contributed by atoms with Crippen LogP contribution in [0.15, 0.2) is 51.6 Å². The number of hydrogen-bond acceptors (Lipinski definition) is 5. The zero-order valence-corrected chi connectivity index (χ0v) is 9.81. The highest BCUT2D eigenvalue weighted by molar-refractivity contribution is 5.85. The van der Waals surface area contributed by atoms with Gasteiger partial charge in [-0.15, -0.1) is 0 Å². The first-order valence-corrected chi connectivity index (χ1v) is 5.44. The normalized spacial score (nSPS) is 14.3. The summed E-state index contributed by atoms with van der Waals surface area (Å²) in [6.45, 7) is 0. The van der Waals surface area contributed by atoms with Crippen LogP contribution in [0, 0.1) is 0 Å². The summed E-state index contributed by atoms with van der Waals surface area (Å²) in [4.78, 5) is 12.4. The van der Waals surface area contributed by atoms with Crippen molar-refractivity contribution in [3.8, 4) is 28.6 Å². The van der Waals surface area contributed by atoms with E-state index >= 15 is 0 Å². The Kier molecular flexibility index (Phi) is 1.64. The van der Waals surface area contributed by atoms with Gasteiger partial charge in [-0.2, -0.15) is 0 Å². The molecule has 3 rings (SSSR count). The molecule has 100 valence electrons. The average Bonchev–Trinajstić information content (AvgIpc) is 2.57. The van der Waals surface area contributed by atoms with E-state index in [1.165, 1.54) is 0 Å². The molecule has 1 aromatic heterocycles. The smallest absolute Gasteiger partial charge is 0.197 e. The molecule has 0 aliphatic rings. The first kappa shape index (κ1) is 7.59. The van der Waals surface area contributed by atoms with Crippen LogP contribution >= 0.6 is 0 Å². The molecule has 0 amide bonds. The van der Waals surface area contributed by atoms with E-state index in [4.69, 9.17) is 11.3 Å². The highest BCUT2D eigenvalue weighted by atomic mass is 16.3. The van der Waals surface area contributed by atoms with E-state index in [1.807, 2.05) is 0 Å². The third-order valence-electron chi connectivity index (χ3n) is 2.58. The second-order valence-corrected chi connectivity index (χ2v) is 3.92. The van der Waals surface area contributed by atoms with Crippen molar-refractivity contribution in [1.82, 2.24) is 0 Å². The van der Waals surface area contributed by atoms with E-state index in [2.05, 4.69) is 0 Å². The maximum atomic E-state index is 12.4. The molecule has 0 aliphatic carbocycles. The number of phenols is 3. The second-order valence-electron chi connectivity index (χ2n) is 3.92. The van der Waals surface area contributed by atoms with Gasteiger partial charge in [0, 0.05) is 23.7 Å². The molecule has 0 saturated carbocycles. The Hall–Kier alpha value is -2.95. The molecule has 0 spiro atoms. The standard InChI is InChI=1S/C15H10O5/c16-9-3-1-8(2-4-9)13-7-12(19)15-11(18)5-10(17)6-14(15)20-13/h1-7,16-18H/i3D,4D,5D,6D,7D. The van der Waals surface area contributed by atoms with Gasteiger partial charge in [0.15, 0.2) is 5.43 Å². The van der Waals surface area contributed by atoms with Gasteiger partial charge in [-0.05, 0) is 24.2 Å². The molecule has 5 heteroatoms. The molecule has 1 heterocycles. The monoisotopic (exact) mass is 275 g/mol. The van der Waals surface area contributed by atoms with Gasteiger partial charge < -0.3 is 19.7 Å². The molecular weight excluding hydrogens is 260 g/mol. The predicted octanol–water partition coefficient (Wildman–Crippen LogP) is 2.58. The van der Waals surface area contributed by atoms with Crippen molar-refractivity contribution < 1.29 is 26.6 Å². The molecule has 3 N–H and O–H groups in total. The summed E-state index contributed by atoms with van der Waals surface area (Å²) in [7, 11) is 0. The fraction of sp³-hybridized carbons (Fsp3) is 0. The summed E-state index contributed by atoms with van der Waals surface area (Å²) in [5.74, 6) is -2.80. The zero-order chi connectivity index (χ0) is 18.6. The topological polar surface area (TPSA) is 90.9 Å². The minimum atomic E-state index is -1.04. The molecule has 3 aromatic rings. The van der Waals surface area contributed by atoms with E-state index in [9.17, 15) is 20.1 Å². The number of benzene rings is 2. The lowest BCUT2D eigenvalue weighted by molar-refractivity contribution is 0.452. The Balaban J connectivity index is 2.47. The van der Waals surface area contributed by atoms with Crippen LogP contribution in [0.3, 0.4) is 0 Å². The van der Waals surface area contributed by atoms with Gasteiger partial charge in [-0.25, -0.2) is 0 Å². The van der Waals surface area contributed by atoms with Gasteiger partial charge in [0.05, 0.1) is 6.85 Å². The molecular formula is C15H10O5. The first-order valence-electron chi connectivity index (χ1n) is 7.94. The Morgan fingerprint density at radius 1 is 1.00 bits per heavy atom. The maximum Gasteiger partial charge on any atom is 0.197 e. The molecule has 0 atom stereocenters. The highest BCUT2D eigenvalue weighted by Crippen LogP contribution is 2.30. The number of rotatable bonds is 1. The van der Waals surface area contributed by atoms with Crippen LogP contribution in [-0.2, 0) is 0 Å². The van der Waals surface area contributed by atoms with Gasteiger partial charge in [0.1, 0.15) is 34.0 Å². The molecule has 0 aliphatic heterocycles. The van der Waals surface area contributed by atoms with E-state index in [0.717, 1.165) is 12.1 Å². The van der Waals surface area contributed by atoms with Crippen molar-refractivity contribution in [2.45, 2.75) is 0 Å². The summed E-state index contributed by atoms with van der Waals surface area (Å²) in [5.41, 5.74) is -1.61. The van der Waals surface area contributed by atoms with Crippen LogP contribution in [-0.4, -0.2) is 15.3 Å². The van der Waals surface area contributed by atoms with E-state index in [0.29, 0.717) is 0 Å². The lowest BCUT2D eigenvalue weighted by Crippen LogP contribution is -2.00. The second kappa shape index (κ2) is 4.31. The van der Waals surface area contributed by atoms with Crippen LogP contribution in [0.2, 0.25) is 0 Å². The molecule has 0 radical (unpaired) electrons. The van der Waals surface area contributed by atoms with Crippen LogP contribution in [0.4, 0.5) is 0 Å². The first-order chi connectivity index (χ1) is 11.6. The minimum absolute atomic E-state index is 0.0369. The van der Waals surface area contributed by atoms with Crippen LogP contribution in [0.25, 0.3) is 22.3 Å². The molecule has 5 nitrogen and oxygen atoms in total. The summed E-state index contributed by atoms with van der Waals surface area (Å²) in [5, 5.41) is 28.5. The summed E-state index contributed by atoms with van der Waals surface area (Å²) < 4.78 is 43.7. The van der Waals surface area contributed by atoms with Crippen molar-refractivity contribution in [2.75, 3.05) is 0 Å². The van der Waals surface area contributed by atoms with Crippen LogP contribution < -0.4 is 5.43 Å². The molecule has 0 saturated heterocycles. The summed E-state index contributed by atoms with van der Waals surface area (Å²) in [6, 6.07) is -0.992. The number of phenolic OH excluding ortho intramolecular Hbond substituents is 3. The zero-order valence-electron chi connectivity index (χ0n) is 14.8. The van der Waals surface area contributed by atoms with Gasteiger partial charge in [0.25, 0.3) is 0 Å². The fourth-order valence-electron chi connectivity index (χ4n) is 1.70. The molecule has 2 aromatic carbocycles. The largest absolute Gasteiger partial charge is 0.508 e. The predicted molar refractivity (Wildman–Crippen MR) is 72.9 cm³/mol. The van der Waals surface area contributed by atoms with Crippen molar-refractivity contribution >= 4 is 11.0 Å². The molecule has 0 fully saturated rings. The lowest BCUT2D eigenvalue weighted by Gasteiger charge is -2.05.